The number of esters is 1. The maximum atomic E-state index is 14.5. The van der Waals surface area contributed by atoms with Gasteiger partial charge in [0.25, 0.3) is 0 Å². The van der Waals surface area contributed by atoms with Crippen LogP contribution in [-0.4, -0.2) is 54.4 Å². The Morgan fingerprint density at radius 3 is 2.56 bits per heavy atom. The predicted octanol–water partition coefficient (Wildman–Crippen LogP) is 5.85. The van der Waals surface area contributed by atoms with Crippen molar-refractivity contribution in [1.82, 2.24) is 15.3 Å². The fourth-order valence-corrected chi connectivity index (χ4v) is 5.84. The number of anilines is 2. The smallest absolute Gasteiger partial charge is 0.429 e. The van der Waals surface area contributed by atoms with Crippen LogP contribution in [0.3, 0.4) is 0 Å². The largest absolute Gasteiger partial charge is 0.465 e. The maximum Gasteiger partial charge on any atom is 0.429 e. The molecule has 1 aromatic heterocycles. The summed E-state index contributed by atoms with van der Waals surface area (Å²) in [4.78, 5) is 22.2. The van der Waals surface area contributed by atoms with Gasteiger partial charge >= 0.3 is 12.1 Å². The Kier molecular flexibility index (Phi) is 8.66. The third-order valence-electron chi connectivity index (χ3n) is 7.85. The number of carbonyl (C=O) groups is 1. The molecule has 0 bridgehead atoms. The normalized spacial score (nSPS) is 19.0. The molecule has 43 heavy (non-hydrogen) atoms. The van der Waals surface area contributed by atoms with Crippen LogP contribution in [0.5, 0.6) is 5.88 Å². The molecule has 0 amide bonds. The van der Waals surface area contributed by atoms with Crippen LogP contribution in [0.4, 0.5) is 33.7 Å². The molecule has 2 aliphatic rings. The van der Waals surface area contributed by atoms with Crippen LogP contribution < -0.4 is 20.7 Å². The molecule has 0 aliphatic carbocycles. The van der Waals surface area contributed by atoms with E-state index in [1.54, 1.807) is 6.92 Å². The lowest BCUT2D eigenvalue weighted by atomic mass is 9.76. The van der Waals surface area contributed by atoms with E-state index in [4.69, 9.17) is 26.8 Å². The van der Waals surface area contributed by atoms with Crippen molar-refractivity contribution >= 4 is 29.3 Å². The molecular weight excluding hydrogens is 597 g/mol. The van der Waals surface area contributed by atoms with Gasteiger partial charge < -0.3 is 25.4 Å². The Labute approximate surface area is 249 Å². The summed E-state index contributed by atoms with van der Waals surface area (Å²) in [7, 11) is 0. The lowest BCUT2D eigenvalue weighted by molar-refractivity contribution is -0.198. The molecule has 2 atom stereocenters. The molecule has 5 rings (SSSR count). The van der Waals surface area contributed by atoms with E-state index in [0.29, 0.717) is 51.3 Å². The number of ether oxygens (including phenoxy) is 2. The summed E-state index contributed by atoms with van der Waals surface area (Å²) in [5.74, 6) is -3.06. The predicted molar refractivity (Wildman–Crippen MR) is 150 cm³/mol. The number of alkyl halides is 3. The van der Waals surface area contributed by atoms with E-state index in [1.165, 1.54) is 18.2 Å². The number of nitrogens with zero attached hydrogens (tertiary/aromatic N) is 3. The van der Waals surface area contributed by atoms with Gasteiger partial charge in [-0.1, -0.05) is 23.7 Å². The highest BCUT2D eigenvalue weighted by atomic mass is 35.5. The second kappa shape index (κ2) is 12.1. The van der Waals surface area contributed by atoms with E-state index in [-0.39, 0.29) is 45.1 Å². The van der Waals surface area contributed by atoms with Crippen LogP contribution in [0.25, 0.3) is 11.1 Å². The third kappa shape index (κ3) is 6.77. The number of nitrogens with two attached hydrogens (primary N) is 1. The molecule has 0 saturated carbocycles. The molecule has 230 valence electrons. The van der Waals surface area contributed by atoms with Crippen LogP contribution in [0.2, 0.25) is 5.02 Å². The number of benzene rings is 2. The molecular formula is C29H29ClF5N5O3. The highest BCUT2D eigenvalue weighted by Crippen LogP contribution is 2.43. The van der Waals surface area contributed by atoms with Gasteiger partial charge in [0.15, 0.2) is 11.6 Å². The van der Waals surface area contributed by atoms with Crippen molar-refractivity contribution in [2.45, 2.75) is 44.5 Å². The van der Waals surface area contributed by atoms with E-state index in [2.05, 4.69) is 15.3 Å². The summed E-state index contributed by atoms with van der Waals surface area (Å²) in [6.45, 7) is 3.75. The molecule has 14 heteroatoms. The SMILES string of the molecule is CCOC(=O)[C@@H]1CC2(CCN(c3cc(O[C@H](c4ccc(Cl)cc4-c4ccc(F)c(F)c4)C(F)(F)F)nc(N)n3)CC2)CN1. The number of nitrogens with one attached hydrogen (secondary N) is 1. The number of hydrogen-bond donors (Lipinski definition) is 2. The number of carbonyl (C=O) groups excluding carboxylic acids is 1. The summed E-state index contributed by atoms with van der Waals surface area (Å²) < 4.78 is 81.6. The van der Waals surface area contributed by atoms with Crippen molar-refractivity contribution in [2.75, 3.05) is 36.9 Å². The van der Waals surface area contributed by atoms with Crippen LogP contribution in [0.15, 0.2) is 42.5 Å². The van der Waals surface area contributed by atoms with Gasteiger partial charge in [-0.3, -0.25) is 4.79 Å². The van der Waals surface area contributed by atoms with Gasteiger partial charge in [-0.25, -0.2) is 8.78 Å². The van der Waals surface area contributed by atoms with Crippen LogP contribution >= 0.6 is 11.6 Å². The number of nitrogen functional groups attached to an aromatic ring is 1. The van der Waals surface area contributed by atoms with E-state index >= 15 is 0 Å². The zero-order valence-electron chi connectivity index (χ0n) is 23.1. The van der Waals surface area contributed by atoms with E-state index in [9.17, 15) is 26.7 Å². The molecule has 2 aromatic carbocycles. The molecule has 2 fully saturated rings. The minimum atomic E-state index is -4.94. The molecule has 0 unspecified atom stereocenters. The van der Waals surface area contributed by atoms with Crippen LogP contribution in [-0.2, 0) is 9.53 Å². The summed E-state index contributed by atoms with van der Waals surface area (Å²) in [5.41, 5.74) is 5.28. The van der Waals surface area contributed by atoms with Gasteiger partial charge in [-0.05, 0) is 67.0 Å². The Morgan fingerprint density at radius 2 is 1.88 bits per heavy atom. The number of halogens is 6. The average molecular weight is 626 g/mol. The second-order valence-corrected chi connectivity index (χ2v) is 11.1. The summed E-state index contributed by atoms with van der Waals surface area (Å²) in [6.07, 6.45) is -5.44. The molecule has 3 heterocycles. The minimum absolute atomic E-state index is 0.0222. The quantitative estimate of drug-likeness (QED) is 0.249. The monoisotopic (exact) mass is 625 g/mol. The third-order valence-corrected chi connectivity index (χ3v) is 8.09. The number of piperidine rings is 1. The fraction of sp³-hybridized carbons (Fsp3) is 0.414. The Hall–Kier alpha value is -3.71. The first-order chi connectivity index (χ1) is 20.4. The lowest BCUT2D eigenvalue weighted by Crippen LogP contribution is -2.41. The van der Waals surface area contributed by atoms with Gasteiger partial charge in [0.2, 0.25) is 17.9 Å². The molecule has 3 aromatic rings. The van der Waals surface area contributed by atoms with Crippen molar-refractivity contribution in [3.63, 3.8) is 0 Å². The van der Waals surface area contributed by atoms with Gasteiger partial charge in [0.05, 0.1) is 6.61 Å². The van der Waals surface area contributed by atoms with Crippen molar-refractivity contribution in [1.29, 1.82) is 0 Å². The standard InChI is InChI=1S/C29H29ClF5N5O3/c1-2-42-26(41)22-14-28(15-37-22)7-9-40(10-8-28)23-13-24(39-27(36)38-23)43-25(29(33,34)35)18-5-4-17(30)12-19(18)16-3-6-20(31)21(32)11-16/h3-6,11-13,22,25,37H,2,7-10,14-15H2,1H3,(H2,36,38,39)/t22-,25+/m0/s1. The summed E-state index contributed by atoms with van der Waals surface area (Å²) in [6, 6.07) is 7.26. The van der Waals surface area contributed by atoms with E-state index in [0.717, 1.165) is 24.3 Å². The molecule has 2 aliphatic heterocycles. The highest BCUT2D eigenvalue weighted by Gasteiger charge is 2.46. The Bertz CT molecular complexity index is 1500. The first kappa shape index (κ1) is 30.7. The average Bonchev–Trinajstić information content (AvgIpc) is 3.36. The molecule has 0 radical (unpaired) electrons. The Balaban J connectivity index is 1.38. The fourth-order valence-electron chi connectivity index (χ4n) is 5.67. The minimum Gasteiger partial charge on any atom is -0.465 e. The number of aromatic nitrogens is 2. The van der Waals surface area contributed by atoms with Gasteiger partial charge in [-0.2, -0.15) is 23.1 Å². The second-order valence-electron chi connectivity index (χ2n) is 10.7. The summed E-state index contributed by atoms with van der Waals surface area (Å²) in [5, 5.41) is 3.33. The van der Waals surface area contributed by atoms with Gasteiger partial charge in [0, 0.05) is 36.3 Å². The zero-order chi connectivity index (χ0) is 30.9. The van der Waals surface area contributed by atoms with Crippen molar-refractivity contribution < 1.29 is 36.2 Å². The van der Waals surface area contributed by atoms with Crippen molar-refractivity contribution in [2.24, 2.45) is 5.41 Å². The Morgan fingerprint density at radius 1 is 1.14 bits per heavy atom. The lowest BCUT2D eigenvalue weighted by Gasteiger charge is -2.39. The van der Waals surface area contributed by atoms with E-state index < -0.39 is 29.8 Å². The van der Waals surface area contributed by atoms with Crippen molar-refractivity contribution in [3.05, 3.63) is 64.7 Å². The summed E-state index contributed by atoms with van der Waals surface area (Å²) >= 11 is 6.07. The van der Waals surface area contributed by atoms with Gasteiger partial charge in [-0.15, -0.1) is 0 Å². The first-order valence-corrected chi connectivity index (χ1v) is 14.0. The molecule has 3 N–H and O–H groups in total. The van der Waals surface area contributed by atoms with Crippen molar-refractivity contribution in [3.8, 4) is 17.0 Å². The van der Waals surface area contributed by atoms with E-state index in [1.807, 2.05) is 4.90 Å². The molecule has 1 spiro atoms. The van der Waals surface area contributed by atoms with Crippen LogP contribution in [0, 0.1) is 17.0 Å². The number of rotatable bonds is 7. The number of hydrogen-bond acceptors (Lipinski definition) is 8. The zero-order valence-corrected chi connectivity index (χ0v) is 23.8. The van der Waals surface area contributed by atoms with Gasteiger partial charge in [0.1, 0.15) is 11.9 Å². The maximum absolute atomic E-state index is 14.5. The molecule has 8 nitrogen and oxygen atoms in total. The van der Waals surface area contributed by atoms with Crippen LogP contribution in [0.1, 0.15) is 37.9 Å². The topological polar surface area (TPSA) is 103 Å². The molecule has 2 saturated heterocycles. The highest BCUT2D eigenvalue weighted by molar-refractivity contribution is 6.30. The first-order valence-electron chi connectivity index (χ1n) is 13.7.